The monoisotopic (exact) mass is 195 g/mol. The third-order valence-electron chi connectivity index (χ3n) is 1.04. The Balaban J connectivity index is 0. The molecule has 0 saturated heterocycles. The molecule has 0 aliphatic carbocycles. The molecular weight excluding hydrogens is 174 g/mol. The number of ether oxygens (including phenoxy) is 2. The summed E-state index contributed by atoms with van der Waals surface area (Å²) in [5.41, 5.74) is 0. The summed E-state index contributed by atoms with van der Waals surface area (Å²) in [6, 6.07) is 0. The number of rotatable bonds is 5. The van der Waals surface area contributed by atoms with Gasteiger partial charge >= 0.3 is 0 Å². The van der Waals surface area contributed by atoms with Gasteiger partial charge in [0.05, 0.1) is 25.4 Å². The van der Waals surface area contributed by atoms with E-state index in [4.69, 9.17) is 11.0 Å². The molecule has 0 aliphatic rings. The summed E-state index contributed by atoms with van der Waals surface area (Å²) < 4.78 is 9.24. The van der Waals surface area contributed by atoms with Crippen LogP contribution in [0.5, 0.6) is 0 Å². The number of nitrogens with two attached hydrogens (primary N) is 1. The van der Waals surface area contributed by atoms with Crippen LogP contribution >= 0.6 is 0 Å². The first kappa shape index (κ1) is 15.3. The van der Waals surface area contributed by atoms with Gasteiger partial charge in [0.15, 0.2) is 0 Å². The standard InChI is InChI=1S/C4H11NO2.C4H10O2/c1-4(7-5)3-6-2;1-4(5)3-6-2/h4H,3,5H2,1-2H3;4-5H,3H2,1-2H3. The average Bonchev–Trinajstić information content (AvgIpc) is 2.05. The predicted molar refractivity (Wildman–Crippen MR) is 50.2 cm³/mol. The number of hydrogen-bond acceptors (Lipinski definition) is 5. The fraction of sp³-hybridized carbons (Fsp3) is 1.00. The maximum Gasteiger partial charge on any atom is 0.0992 e. The van der Waals surface area contributed by atoms with E-state index < -0.39 is 0 Å². The van der Waals surface area contributed by atoms with Crippen molar-refractivity contribution in [3.05, 3.63) is 0 Å². The van der Waals surface area contributed by atoms with Crippen molar-refractivity contribution in [2.75, 3.05) is 27.4 Å². The quantitative estimate of drug-likeness (QED) is 0.600. The number of aliphatic hydroxyl groups is 1. The van der Waals surface area contributed by atoms with Gasteiger partial charge < -0.3 is 14.6 Å². The zero-order valence-corrected chi connectivity index (χ0v) is 8.82. The summed E-state index contributed by atoms with van der Waals surface area (Å²) in [4.78, 5) is 4.37. The molecule has 0 aromatic heterocycles. The minimum atomic E-state index is -0.324. The van der Waals surface area contributed by atoms with Gasteiger partial charge in [0, 0.05) is 14.2 Å². The SMILES string of the molecule is COCC(C)O.COCC(C)ON. The summed E-state index contributed by atoms with van der Waals surface area (Å²) >= 11 is 0. The Hall–Kier alpha value is -0.200. The smallest absolute Gasteiger partial charge is 0.0992 e. The van der Waals surface area contributed by atoms with E-state index in [0.717, 1.165) is 0 Å². The molecule has 0 aromatic carbocycles. The lowest BCUT2D eigenvalue weighted by Crippen LogP contribution is -2.18. The minimum absolute atomic E-state index is 0.00463. The van der Waals surface area contributed by atoms with Gasteiger partial charge in [-0.15, -0.1) is 0 Å². The first-order chi connectivity index (χ1) is 6.08. The molecule has 0 bridgehead atoms. The van der Waals surface area contributed by atoms with Crippen LogP contribution in [0.15, 0.2) is 0 Å². The van der Waals surface area contributed by atoms with Crippen LogP contribution in [0.3, 0.4) is 0 Å². The van der Waals surface area contributed by atoms with E-state index in [1.54, 1.807) is 21.1 Å². The largest absolute Gasteiger partial charge is 0.391 e. The van der Waals surface area contributed by atoms with Crippen molar-refractivity contribution in [2.45, 2.75) is 26.1 Å². The predicted octanol–water partition coefficient (Wildman–Crippen LogP) is -0.0748. The summed E-state index contributed by atoms with van der Waals surface area (Å²) in [5.74, 6) is 4.78. The van der Waals surface area contributed by atoms with Gasteiger partial charge in [-0.1, -0.05) is 0 Å². The maximum absolute atomic E-state index is 8.43. The molecule has 13 heavy (non-hydrogen) atoms. The van der Waals surface area contributed by atoms with E-state index in [9.17, 15) is 0 Å². The number of methoxy groups -OCH3 is 2. The molecule has 5 nitrogen and oxygen atoms in total. The normalized spacial score (nSPS) is 14.3. The van der Waals surface area contributed by atoms with E-state index in [2.05, 4.69) is 14.3 Å². The van der Waals surface area contributed by atoms with Crippen LogP contribution < -0.4 is 5.90 Å². The average molecular weight is 195 g/mol. The highest BCUT2D eigenvalue weighted by atomic mass is 16.6. The molecule has 2 unspecified atom stereocenters. The lowest BCUT2D eigenvalue weighted by atomic mass is 10.4. The van der Waals surface area contributed by atoms with Gasteiger partial charge in [-0.2, -0.15) is 0 Å². The Labute approximate surface area is 79.7 Å². The van der Waals surface area contributed by atoms with Crippen molar-refractivity contribution in [3.63, 3.8) is 0 Å². The second-order valence-electron chi connectivity index (χ2n) is 2.71. The fourth-order valence-corrected chi connectivity index (χ4v) is 0.515. The van der Waals surface area contributed by atoms with Crippen LogP contribution in [0.2, 0.25) is 0 Å². The number of aliphatic hydroxyl groups excluding tert-OH is 1. The molecule has 3 N–H and O–H groups in total. The molecule has 0 aromatic rings. The van der Waals surface area contributed by atoms with Crippen LogP contribution in [0.1, 0.15) is 13.8 Å². The Morgan fingerprint density at radius 1 is 1.15 bits per heavy atom. The Bertz CT molecular complexity index is 90.2. The van der Waals surface area contributed by atoms with E-state index >= 15 is 0 Å². The lowest BCUT2D eigenvalue weighted by molar-refractivity contribution is 0.00838. The van der Waals surface area contributed by atoms with Gasteiger partial charge in [0.1, 0.15) is 0 Å². The zero-order valence-electron chi connectivity index (χ0n) is 8.82. The van der Waals surface area contributed by atoms with Crippen molar-refractivity contribution in [3.8, 4) is 0 Å². The number of hydrogen-bond donors (Lipinski definition) is 2. The third kappa shape index (κ3) is 18.6. The van der Waals surface area contributed by atoms with Gasteiger partial charge in [-0.25, -0.2) is 5.90 Å². The molecule has 0 aliphatic heterocycles. The topological polar surface area (TPSA) is 73.9 Å². The van der Waals surface area contributed by atoms with Crippen LogP contribution in [0.25, 0.3) is 0 Å². The lowest BCUT2D eigenvalue weighted by Gasteiger charge is -2.04. The van der Waals surface area contributed by atoms with Crippen molar-refractivity contribution < 1.29 is 19.4 Å². The second-order valence-corrected chi connectivity index (χ2v) is 2.71. The molecule has 0 saturated carbocycles. The zero-order chi connectivity index (χ0) is 10.7. The first-order valence-corrected chi connectivity index (χ1v) is 4.09. The fourth-order valence-electron chi connectivity index (χ4n) is 0.515. The molecule has 2 atom stereocenters. The third-order valence-corrected chi connectivity index (χ3v) is 1.04. The summed E-state index contributed by atoms with van der Waals surface area (Å²) in [6.07, 6.45) is -0.319. The van der Waals surface area contributed by atoms with Gasteiger partial charge in [0.25, 0.3) is 0 Å². The van der Waals surface area contributed by atoms with E-state index in [1.165, 1.54) is 0 Å². The molecule has 0 heterocycles. The van der Waals surface area contributed by atoms with Crippen molar-refractivity contribution in [1.82, 2.24) is 0 Å². The Kier molecular flexibility index (Phi) is 13.9. The first-order valence-electron chi connectivity index (χ1n) is 4.09. The maximum atomic E-state index is 8.43. The molecule has 5 heteroatoms. The molecular formula is C8H21NO4. The van der Waals surface area contributed by atoms with Crippen LogP contribution in [0, 0.1) is 0 Å². The summed E-state index contributed by atoms with van der Waals surface area (Å²) in [7, 11) is 3.17. The highest BCUT2D eigenvalue weighted by Gasteiger charge is 1.94. The summed E-state index contributed by atoms with van der Waals surface area (Å²) in [5, 5.41) is 8.43. The van der Waals surface area contributed by atoms with E-state index in [-0.39, 0.29) is 12.2 Å². The van der Waals surface area contributed by atoms with Gasteiger partial charge in [0.2, 0.25) is 0 Å². The Morgan fingerprint density at radius 2 is 1.62 bits per heavy atom. The minimum Gasteiger partial charge on any atom is -0.391 e. The van der Waals surface area contributed by atoms with Crippen molar-refractivity contribution in [2.24, 2.45) is 5.90 Å². The Morgan fingerprint density at radius 3 is 1.69 bits per heavy atom. The van der Waals surface area contributed by atoms with Crippen molar-refractivity contribution in [1.29, 1.82) is 0 Å². The van der Waals surface area contributed by atoms with Gasteiger partial charge in [-0.05, 0) is 13.8 Å². The highest BCUT2D eigenvalue weighted by molar-refractivity contribution is 4.40. The van der Waals surface area contributed by atoms with Crippen LogP contribution in [-0.4, -0.2) is 44.7 Å². The molecule has 0 amide bonds. The van der Waals surface area contributed by atoms with Crippen molar-refractivity contribution >= 4 is 0 Å². The van der Waals surface area contributed by atoms with Crippen LogP contribution in [0.4, 0.5) is 0 Å². The van der Waals surface area contributed by atoms with Gasteiger partial charge in [-0.3, -0.25) is 4.84 Å². The second kappa shape index (κ2) is 11.8. The molecule has 0 radical (unpaired) electrons. The van der Waals surface area contributed by atoms with Crippen LogP contribution in [-0.2, 0) is 14.3 Å². The molecule has 0 rings (SSSR count). The van der Waals surface area contributed by atoms with E-state index in [0.29, 0.717) is 13.2 Å². The molecule has 0 fully saturated rings. The highest BCUT2D eigenvalue weighted by Crippen LogP contribution is 1.82. The molecule has 82 valence electrons. The van der Waals surface area contributed by atoms with E-state index in [1.807, 2.05) is 6.92 Å². The molecule has 0 spiro atoms. The summed E-state index contributed by atoms with van der Waals surface area (Å²) in [6.45, 7) is 4.50.